The van der Waals surface area contributed by atoms with Crippen molar-refractivity contribution in [3.8, 4) is 0 Å². The molecule has 1 aliphatic heterocycles. The average Bonchev–Trinajstić information content (AvgIpc) is 3.38. The Hall–Kier alpha value is -1.35. The molecule has 126 valence electrons. The van der Waals surface area contributed by atoms with Gasteiger partial charge in [0.25, 0.3) is 0 Å². The van der Waals surface area contributed by atoms with Crippen LogP contribution in [0.3, 0.4) is 0 Å². The van der Waals surface area contributed by atoms with Gasteiger partial charge in [-0.2, -0.15) is 0 Å². The minimum absolute atomic E-state index is 0.218. The first-order chi connectivity index (χ1) is 11.2. The van der Waals surface area contributed by atoms with Crippen LogP contribution < -0.4 is 5.32 Å². The van der Waals surface area contributed by atoms with Crippen LogP contribution in [0.25, 0.3) is 0 Å². The second-order valence-electron chi connectivity index (χ2n) is 7.49. The second kappa shape index (κ2) is 7.96. The molecule has 3 rings (SSSR count). The van der Waals surface area contributed by atoms with Crippen LogP contribution in [0.4, 0.5) is 0 Å². The SMILES string of the molecule is Cc1ccc(CCC2CCN(CC(=O)NCC3CC3)CC2)cc1. The van der Waals surface area contributed by atoms with E-state index in [1.807, 2.05) is 0 Å². The van der Waals surface area contributed by atoms with Crippen molar-refractivity contribution >= 4 is 5.91 Å². The summed E-state index contributed by atoms with van der Waals surface area (Å²) in [5.74, 6) is 1.81. The van der Waals surface area contributed by atoms with Gasteiger partial charge in [-0.25, -0.2) is 0 Å². The van der Waals surface area contributed by atoms with Gasteiger partial charge in [0.15, 0.2) is 0 Å². The maximum Gasteiger partial charge on any atom is 0.234 e. The van der Waals surface area contributed by atoms with Crippen LogP contribution in [0.5, 0.6) is 0 Å². The summed E-state index contributed by atoms with van der Waals surface area (Å²) >= 11 is 0. The van der Waals surface area contributed by atoms with Crippen molar-refractivity contribution < 1.29 is 4.79 Å². The van der Waals surface area contributed by atoms with Crippen molar-refractivity contribution in [2.45, 2.75) is 45.4 Å². The molecule has 1 amide bonds. The van der Waals surface area contributed by atoms with Crippen LogP contribution in [0, 0.1) is 18.8 Å². The highest BCUT2D eigenvalue weighted by Gasteiger charge is 2.23. The Kier molecular flexibility index (Phi) is 5.71. The number of carbonyl (C=O) groups is 1. The normalized spacial score (nSPS) is 19.7. The van der Waals surface area contributed by atoms with E-state index in [1.54, 1.807) is 0 Å². The van der Waals surface area contributed by atoms with E-state index in [1.165, 1.54) is 49.7 Å². The molecule has 0 spiro atoms. The van der Waals surface area contributed by atoms with Gasteiger partial charge in [-0.15, -0.1) is 0 Å². The molecule has 0 aromatic heterocycles. The lowest BCUT2D eigenvalue weighted by atomic mass is 9.90. The van der Waals surface area contributed by atoms with Crippen LogP contribution in [-0.4, -0.2) is 37.0 Å². The van der Waals surface area contributed by atoms with Crippen molar-refractivity contribution in [2.24, 2.45) is 11.8 Å². The molecule has 1 N–H and O–H groups in total. The van der Waals surface area contributed by atoms with E-state index in [9.17, 15) is 4.79 Å². The van der Waals surface area contributed by atoms with Crippen molar-refractivity contribution in [1.29, 1.82) is 0 Å². The minimum atomic E-state index is 0.218. The lowest BCUT2D eigenvalue weighted by Crippen LogP contribution is -2.42. The molecule has 0 atom stereocenters. The number of carbonyl (C=O) groups excluding carboxylic acids is 1. The maximum atomic E-state index is 11.9. The van der Waals surface area contributed by atoms with Gasteiger partial charge in [-0.05, 0) is 75.9 Å². The quantitative estimate of drug-likeness (QED) is 0.838. The number of likely N-dealkylation sites (tertiary alicyclic amines) is 1. The zero-order valence-corrected chi connectivity index (χ0v) is 14.4. The third kappa shape index (κ3) is 5.65. The van der Waals surface area contributed by atoms with Crippen molar-refractivity contribution in [1.82, 2.24) is 10.2 Å². The van der Waals surface area contributed by atoms with Gasteiger partial charge in [0.05, 0.1) is 6.54 Å². The fourth-order valence-electron chi connectivity index (χ4n) is 3.40. The Bertz CT molecular complexity index is 499. The molecule has 2 fully saturated rings. The van der Waals surface area contributed by atoms with Gasteiger partial charge in [0.1, 0.15) is 0 Å². The summed E-state index contributed by atoms with van der Waals surface area (Å²) in [5, 5.41) is 3.07. The smallest absolute Gasteiger partial charge is 0.234 e. The molecule has 1 saturated heterocycles. The number of rotatable bonds is 7. The first kappa shape index (κ1) is 16.5. The number of nitrogens with one attached hydrogen (secondary N) is 1. The van der Waals surface area contributed by atoms with Gasteiger partial charge in [0.2, 0.25) is 5.91 Å². The molecule has 0 radical (unpaired) electrons. The molecule has 2 aliphatic rings. The first-order valence-corrected chi connectivity index (χ1v) is 9.23. The topological polar surface area (TPSA) is 32.3 Å². The van der Waals surface area contributed by atoms with Gasteiger partial charge >= 0.3 is 0 Å². The molecule has 0 bridgehead atoms. The largest absolute Gasteiger partial charge is 0.355 e. The van der Waals surface area contributed by atoms with Crippen molar-refractivity contribution in [2.75, 3.05) is 26.2 Å². The van der Waals surface area contributed by atoms with Crippen LogP contribution in [-0.2, 0) is 11.2 Å². The fourth-order valence-corrected chi connectivity index (χ4v) is 3.40. The zero-order valence-electron chi connectivity index (χ0n) is 14.4. The molecule has 1 aliphatic carbocycles. The Morgan fingerprint density at radius 1 is 1.09 bits per heavy atom. The minimum Gasteiger partial charge on any atom is -0.355 e. The molecular weight excluding hydrogens is 284 g/mol. The number of hydrogen-bond donors (Lipinski definition) is 1. The average molecular weight is 314 g/mol. The summed E-state index contributed by atoms with van der Waals surface area (Å²) in [5.41, 5.74) is 2.79. The van der Waals surface area contributed by atoms with Gasteiger partial charge in [0, 0.05) is 6.54 Å². The van der Waals surface area contributed by atoms with E-state index >= 15 is 0 Å². The Balaban J connectivity index is 1.31. The Morgan fingerprint density at radius 2 is 1.78 bits per heavy atom. The Morgan fingerprint density at radius 3 is 2.43 bits per heavy atom. The second-order valence-corrected chi connectivity index (χ2v) is 7.49. The summed E-state index contributed by atoms with van der Waals surface area (Å²) in [6.45, 7) is 5.79. The van der Waals surface area contributed by atoms with E-state index in [-0.39, 0.29) is 5.91 Å². The van der Waals surface area contributed by atoms with Crippen LogP contribution in [0.15, 0.2) is 24.3 Å². The predicted molar refractivity (Wildman–Crippen MR) is 94.4 cm³/mol. The van der Waals surface area contributed by atoms with Crippen molar-refractivity contribution in [3.05, 3.63) is 35.4 Å². The lowest BCUT2D eigenvalue weighted by molar-refractivity contribution is -0.122. The van der Waals surface area contributed by atoms with Gasteiger partial charge in [-0.3, -0.25) is 9.69 Å². The number of hydrogen-bond acceptors (Lipinski definition) is 2. The standard InChI is InChI=1S/C20H30N2O/c1-16-2-4-17(5-3-16)6-7-18-10-12-22(13-11-18)15-20(23)21-14-19-8-9-19/h2-5,18-19H,6-15H2,1H3,(H,21,23). The maximum absolute atomic E-state index is 11.9. The van der Waals surface area contributed by atoms with Gasteiger partial charge in [-0.1, -0.05) is 29.8 Å². The highest BCUT2D eigenvalue weighted by atomic mass is 16.2. The number of aryl methyl sites for hydroxylation is 2. The molecule has 1 saturated carbocycles. The summed E-state index contributed by atoms with van der Waals surface area (Å²) in [6, 6.07) is 8.93. The van der Waals surface area contributed by atoms with Crippen molar-refractivity contribution in [3.63, 3.8) is 0 Å². The number of nitrogens with zero attached hydrogens (tertiary/aromatic N) is 1. The summed E-state index contributed by atoms with van der Waals surface area (Å²) in [7, 11) is 0. The van der Waals surface area contributed by atoms with E-state index in [0.29, 0.717) is 6.54 Å². The summed E-state index contributed by atoms with van der Waals surface area (Å²) in [4.78, 5) is 14.2. The number of amides is 1. The monoisotopic (exact) mass is 314 g/mol. The molecule has 1 aromatic carbocycles. The highest BCUT2D eigenvalue weighted by Crippen LogP contribution is 2.27. The van der Waals surface area contributed by atoms with Gasteiger partial charge < -0.3 is 5.32 Å². The van der Waals surface area contributed by atoms with Crippen LogP contribution in [0.2, 0.25) is 0 Å². The van der Waals surface area contributed by atoms with E-state index < -0.39 is 0 Å². The molecule has 3 nitrogen and oxygen atoms in total. The number of piperidine rings is 1. The molecule has 3 heteroatoms. The highest BCUT2D eigenvalue weighted by molar-refractivity contribution is 5.78. The van der Waals surface area contributed by atoms with E-state index in [0.717, 1.165) is 31.5 Å². The van der Waals surface area contributed by atoms with Crippen LogP contribution in [0.1, 0.15) is 43.2 Å². The molecular formula is C20H30N2O. The van der Waals surface area contributed by atoms with E-state index in [2.05, 4.69) is 41.4 Å². The first-order valence-electron chi connectivity index (χ1n) is 9.23. The lowest BCUT2D eigenvalue weighted by Gasteiger charge is -2.31. The van der Waals surface area contributed by atoms with Crippen LogP contribution >= 0.6 is 0 Å². The molecule has 1 aromatic rings. The number of benzene rings is 1. The predicted octanol–water partition coefficient (Wildman–Crippen LogP) is 3.17. The summed E-state index contributed by atoms with van der Waals surface area (Å²) in [6.07, 6.45) is 7.54. The molecule has 23 heavy (non-hydrogen) atoms. The third-order valence-electron chi connectivity index (χ3n) is 5.32. The Labute approximate surface area is 140 Å². The fraction of sp³-hybridized carbons (Fsp3) is 0.650. The molecule has 1 heterocycles. The third-order valence-corrected chi connectivity index (χ3v) is 5.32. The molecule has 0 unspecified atom stereocenters. The zero-order chi connectivity index (χ0) is 16.1. The van der Waals surface area contributed by atoms with E-state index in [4.69, 9.17) is 0 Å². The summed E-state index contributed by atoms with van der Waals surface area (Å²) < 4.78 is 0.